The SMILES string of the molecule is COc1ccc(OC)c(N(CC(=O)N(Cc2ccccc2C)C(Cc2ccccc2)C(=O)NC2CCCCC2)S(=O)(=O)c2ccc(C)cc2)c1. The molecule has 10 heteroatoms. The predicted octanol–water partition coefficient (Wildman–Crippen LogP) is 6.60. The lowest BCUT2D eigenvalue weighted by Crippen LogP contribution is -2.55. The zero-order valence-corrected chi connectivity index (χ0v) is 30.1. The highest BCUT2D eigenvalue weighted by atomic mass is 32.2. The number of benzene rings is 4. The van der Waals surface area contributed by atoms with E-state index in [1.165, 1.54) is 31.3 Å². The highest BCUT2D eigenvalue weighted by Gasteiger charge is 2.36. The second kappa shape index (κ2) is 16.7. The molecular weight excluding hydrogens is 651 g/mol. The lowest BCUT2D eigenvalue weighted by Gasteiger charge is -2.35. The van der Waals surface area contributed by atoms with Crippen LogP contribution >= 0.6 is 0 Å². The van der Waals surface area contributed by atoms with Gasteiger partial charge in [-0.2, -0.15) is 0 Å². The summed E-state index contributed by atoms with van der Waals surface area (Å²) in [4.78, 5) is 30.8. The van der Waals surface area contributed by atoms with E-state index in [0.29, 0.717) is 5.75 Å². The fourth-order valence-corrected chi connectivity index (χ4v) is 7.83. The van der Waals surface area contributed by atoms with Crippen molar-refractivity contribution in [1.29, 1.82) is 0 Å². The standard InChI is InChI=1S/C40H47N3O6S/c1-29-19-22-35(23-20-29)50(46,47)43(36-26-34(48-3)21-24-38(36)49-4)28-39(44)42(27-32-16-12-11-13-30(32)2)37(25-31-14-7-5-8-15-31)40(45)41-33-17-9-6-10-18-33/h5,7-8,11-16,19-24,26,33,37H,6,9-10,17-18,25,27-28H2,1-4H3,(H,41,45). The fraction of sp³-hybridized carbons (Fsp3) is 0.350. The molecule has 0 heterocycles. The number of rotatable bonds is 14. The molecule has 1 unspecified atom stereocenters. The molecule has 0 bridgehead atoms. The van der Waals surface area contributed by atoms with Crippen molar-refractivity contribution in [2.45, 2.75) is 75.9 Å². The molecule has 0 aliphatic heterocycles. The van der Waals surface area contributed by atoms with Crippen LogP contribution in [0, 0.1) is 13.8 Å². The number of hydrogen-bond donors (Lipinski definition) is 1. The number of nitrogens with one attached hydrogen (secondary N) is 1. The number of carbonyl (C=O) groups excluding carboxylic acids is 2. The van der Waals surface area contributed by atoms with E-state index in [1.807, 2.05) is 68.4 Å². The second-order valence-electron chi connectivity index (χ2n) is 12.9. The third-order valence-electron chi connectivity index (χ3n) is 9.37. The first-order valence-electron chi connectivity index (χ1n) is 17.1. The monoisotopic (exact) mass is 697 g/mol. The number of hydrogen-bond acceptors (Lipinski definition) is 6. The van der Waals surface area contributed by atoms with Crippen molar-refractivity contribution in [3.63, 3.8) is 0 Å². The van der Waals surface area contributed by atoms with Gasteiger partial charge in [0, 0.05) is 25.1 Å². The van der Waals surface area contributed by atoms with Crippen molar-refractivity contribution in [3.8, 4) is 11.5 Å². The normalized spacial score (nSPS) is 14.0. The molecule has 1 fully saturated rings. The number of carbonyl (C=O) groups is 2. The van der Waals surface area contributed by atoms with Crippen LogP contribution in [0.2, 0.25) is 0 Å². The Hall–Kier alpha value is -4.83. The minimum absolute atomic E-state index is 0.0158. The van der Waals surface area contributed by atoms with Crippen LogP contribution in [0.3, 0.4) is 0 Å². The van der Waals surface area contributed by atoms with Gasteiger partial charge in [0.2, 0.25) is 11.8 Å². The largest absolute Gasteiger partial charge is 0.497 e. The summed E-state index contributed by atoms with van der Waals surface area (Å²) in [6.07, 6.45) is 5.23. The summed E-state index contributed by atoms with van der Waals surface area (Å²) in [5.74, 6) is -0.151. The maximum atomic E-state index is 14.9. The van der Waals surface area contributed by atoms with E-state index >= 15 is 0 Å². The van der Waals surface area contributed by atoms with Crippen LogP contribution in [0.5, 0.6) is 11.5 Å². The first-order valence-corrected chi connectivity index (χ1v) is 18.5. The Morgan fingerprint density at radius 2 is 1.52 bits per heavy atom. The minimum Gasteiger partial charge on any atom is -0.497 e. The van der Waals surface area contributed by atoms with Gasteiger partial charge in [-0.15, -0.1) is 0 Å². The van der Waals surface area contributed by atoms with Gasteiger partial charge in [0.1, 0.15) is 24.1 Å². The Kier molecular flexibility index (Phi) is 12.2. The van der Waals surface area contributed by atoms with E-state index in [1.54, 1.807) is 30.3 Å². The molecule has 9 nitrogen and oxygen atoms in total. The zero-order valence-electron chi connectivity index (χ0n) is 29.3. The van der Waals surface area contributed by atoms with E-state index in [2.05, 4.69) is 5.32 Å². The third-order valence-corrected chi connectivity index (χ3v) is 11.1. The smallest absolute Gasteiger partial charge is 0.264 e. The molecule has 4 aromatic rings. The van der Waals surface area contributed by atoms with Gasteiger partial charge >= 0.3 is 0 Å². The summed E-state index contributed by atoms with van der Waals surface area (Å²) in [6.45, 7) is 3.35. The second-order valence-corrected chi connectivity index (χ2v) is 14.7. The van der Waals surface area contributed by atoms with Gasteiger partial charge in [-0.05, 0) is 67.6 Å². The molecule has 0 aromatic heterocycles. The van der Waals surface area contributed by atoms with Gasteiger partial charge in [-0.1, -0.05) is 91.6 Å². The van der Waals surface area contributed by atoms with E-state index in [9.17, 15) is 18.0 Å². The number of anilines is 1. The van der Waals surface area contributed by atoms with E-state index in [0.717, 1.165) is 58.7 Å². The number of sulfonamides is 1. The Morgan fingerprint density at radius 1 is 0.840 bits per heavy atom. The number of amides is 2. The van der Waals surface area contributed by atoms with Crippen molar-refractivity contribution in [1.82, 2.24) is 10.2 Å². The Bertz CT molecular complexity index is 1860. The Morgan fingerprint density at radius 3 is 2.18 bits per heavy atom. The molecule has 264 valence electrons. The zero-order chi connectivity index (χ0) is 35.7. The number of nitrogens with zero attached hydrogens (tertiary/aromatic N) is 2. The lowest BCUT2D eigenvalue weighted by atomic mass is 9.94. The van der Waals surface area contributed by atoms with Crippen LogP contribution in [-0.2, 0) is 32.6 Å². The van der Waals surface area contributed by atoms with Crippen molar-refractivity contribution < 1.29 is 27.5 Å². The van der Waals surface area contributed by atoms with Crippen LogP contribution in [0.15, 0.2) is 102 Å². The summed E-state index contributed by atoms with van der Waals surface area (Å²) < 4.78 is 41.2. The fourth-order valence-electron chi connectivity index (χ4n) is 6.41. The van der Waals surface area contributed by atoms with Crippen LogP contribution in [0.4, 0.5) is 5.69 Å². The molecule has 1 aliphatic rings. The van der Waals surface area contributed by atoms with E-state index < -0.39 is 28.5 Å². The van der Waals surface area contributed by atoms with Gasteiger partial charge in [-0.25, -0.2) is 8.42 Å². The van der Waals surface area contributed by atoms with Gasteiger partial charge in [0.15, 0.2) is 0 Å². The van der Waals surface area contributed by atoms with E-state index in [-0.39, 0.29) is 41.2 Å². The molecule has 1 aliphatic carbocycles. The summed E-state index contributed by atoms with van der Waals surface area (Å²) in [5.41, 5.74) is 3.73. The lowest BCUT2D eigenvalue weighted by molar-refractivity contribution is -0.140. The summed E-state index contributed by atoms with van der Waals surface area (Å²) in [5, 5.41) is 3.25. The highest BCUT2D eigenvalue weighted by molar-refractivity contribution is 7.92. The van der Waals surface area contributed by atoms with Gasteiger partial charge in [0.05, 0.1) is 24.8 Å². The minimum atomic E-state index is -4.32. The van der Waals surface area contributed by atoms with Gasteiger partial charge in [0.25, 0.3) is 10.0 Å². The molecule has 4 aromatic carbocycles. The first-order chi connectivity index (χ1) is 24.1. The first kappa shape index (κ1) is 36.5. The van der Waals surface area contributed by atoms with E-state index in [4.69, 9.17) is 9.47 Å². The third kappa shape index (κ3) is 8.84. The molecule has 1 saturated carbocycles. The molecular formula is C40H47N3O6S. The Labute approximate surface area is 296 Å². The predicted molar refractivity (Wildman–Crippen MR) is 196 cm³/mol. The maximum absolute atomic E-state index is 14.9. The average molecular weight is 698 g/mol. The molecule has 1 N–H and O–H groups in total. The van der Waals surface area contributed by atoms with Crippen molar-refractivity contribution >= 4 is 27.5 Å². The Balaban J connectivity index is 1.62. The number of ether oxygens (including phenoxy) is 2. The number of methoxy groups -OCH3 is 2. The molecule has 0 saturated heterocycles. The van der Waals surface area contributed by atoms with Crippen LogP contribution in [-0.4, -0.2) is 58.0 Å². The average Bonchev–Trinajstić information content (AvgIpc) is 3.13. The number of aryl methyl sites for hydroxylation is 2. The molecule has 50 heavy (non-hydrogen) atoms. The van der Waals surface area contributed by atoms with Crippen molar-refractivity contribution in [3.05, 3.63) is 119 Å². The maximum Gasteiger partial charge on any atom is 0.264 e. The highest BCUT2D eigenvalue weighted by Crippen LogP contribution is 2.36. The topological polar surface area (TPSA) is 105 Å². The molecule has 2 amide bonds. The molecule has 5 rings (SSSR count). The van der Waals surface area contributed by atoms with Crippen LogP contribution in [0.25, 0.3) is 0 Å². The molecule has 0 spiro atoms. The summed E-state index contributed by atoms with van der Waals surface area (Å²) >= 11 is 0. The summed E-state index contributed by atoms with van der Waals surface area (Å²) in [7, 11) is -1.39. The van der Waals surface area contributed by atoms with Gasteiger partial charge < -0.3 is 19.7 Å². The summed E-state index contributed by atoms with van der Waals surface area (Å²) in [6, 6.07) is 27.7. The molecule has 0 radical (unpaired) electrons. The quantitative estimate of drug-likeness (QED) is 0.159. The van der Waals surface area contributed by atoms with Crippen LogP contribution in [0.1, 0.15) is 54.4 Å². The van der Waals surface area contributed by atoms with Crippen molar-refractivity contribution in [2.24, 2.45) is 0 Å². The van der Waals surface area contributed by atoms with Gasteiger partial charge in [-0.3, -0.25) is 13.9 Å². The molecule has 1 atom stereocenters. The van der Waals surface area contributed by atoms with Crippen LogP contribution < -0.4 is 19.1 Å². The van der Waals surface area contributed by atoms with Crippen molar-refractivity contribution in [2.75, 3.05) is 25.1 Å².